The summed E-state index contributed by atoms with van der Waals surface area (Å²) in [5, 5.41) is 3.49. The van der Waals surface area contributed by atoms with Crippen LogP contribution < -0.4 is 15.0 Å². The summed E-state index contributed by atoms with van der Waals surface area (Å²) >= 11 is 0. The van der Waals surface area contributed by atoms with E-state index in [0.717, 1.165) is 29.8 Å². The maximum absolute atomic E-state index is 13.1. The molecule has 0 atom stereocenters. The van der Waals surface area contributed by atoms with Crippen molar-refractivity contribution in [2.75, 3.05) is 31.1 Å². The number of alkyl carbamates (subject to hydrolysis) is 1. The van der Waals surface area contributed by atoms with Crippen LogP contribution >= 0.6 is 0 Å². The average Bonchev–Trinajstić information content (AvgIpc) is 3.21. The number of pyridine rings is 1. The molecule has 1 N–H and O–H groups in total. The monoisotopic (exact) mass is 401 g/mol. The van der Waals surface area contributed by atoms with Gasteiger partial charge in [0.15, 0.2) is 0 Å². The molecule has 1 aromatic carbocycles. The predicted molar refractivity (Wildman–Crippen MR) is 112 cm³/mol. The van der Waals surface area contributed by atoms with E-state index in [-0.39, 0.29) is 13.2 Å². The molecule has 0 unspecified atom stereocenters. The Labute approximate surface area is 170 Å². The molecule has 0 radical (unpaired) electrons. The number of hydrogen-bond donors (Lipinski definition) is 1. The molecule has 1 amide bonds. The summed E-state index contributed by atoms with van der Waals surface area (Å²) in [5.41, 5.74) is 0.599. The fraction of sp³-hybridized carbons (Fsp3) is 0.455. The van der Waals surface area contributed by atoms with Crippen molar-refractivity contribution < 1.29 is 18.7 Å². The minimum Gasteiger partial charge on any atom is -0.489 e. The Kier molecular flexibility index (Phi) is 6.56. The number of anilines is 1. The van der Waals surface area contributed by atoms with E-state index < -0.39 is 11.7 Å². The van der Waals surface area contributed by atoms with Crippen molar-refractivity contribution in [3.8, 4) is 5.75 Å². The van der Waals surface area contributed by atoms with Gasteiger partial charge in [0.2, 0.25) is 0 Å². The molecule has 3 rings (SSSR count). The Balaban J connectivity index is 1.56. The molecule has 1 aliphatic heterocycles. The Morgan fingerprint density at radius 1 is 1.24 bits per heavy atom. The molecule has 7 heteroatoms. The van der Waals surface area contributed by atoms with E-state index in [4.69, 9.17) is 14.5 Å². The molecule has 2 aromatic rings. The molecule has 1 saturated heterocycles. The van der Waals surface area contributed by atoms with E-state index >= 15 is 0 Å². The molecule has 1 aromatic heterocycles. The standard InChI is InChI=1S/C22H28FN3O3/c1-22(2,3)29-21(27)24-14-16(13-23)15-28-18-7-8-19-17(12-18)6-9-20(25-19)26-10-4-5-11-26/h6-9,12-13H,4-5,10-11,14-15H2,1-3H3,(H,24,27)/b16-13+. The van der Waals surface area contributed by atoms with Crippen LogP contribution in [0.2, 0.25) is 0 Å². The van der Waals surface area contributed by atoms with Crippen molar-refractivity contribution in [2.24, 2.45) is 0 Å². The number of carbonyl (C=O) groups is 1. The minimum absolute atomic E-state index is 0.0136. The molecule has 0 spiro atoms. The quantitative estimate of drug-likeness (QED) is 0.767. The highest BCUT2D eigenvalue weighted by Crippen LogP contribution is 2.24. The third kappa shape index (κ3) is 6.07. The minimum atomic E-state index is -0.603. The average molecular weight is 401 g/mol. The van der Waals surface area contributed by atoms with Crippen molar-refractivity contribution in [1.82, 2.24) is 10.3 Å². The number of benzene rings is 1. The smallest absolute Gasteiger partial charge is 0.407 e. The maximum Gasteiger partial charge on any atom is 0.407 e. The number of nitrogens with one attached hydrogen (secondary N) is 1. The first-order valence-corrected chi connectivity index (χ1v) is 9.87. The largest absolute Gasteiger partial charge is 0.489 e. The van der Waals surface area contributed by atoms with Crippen LogP contribution in [0.3, 0.4) is 0 Å². The third-order valence-electron chi connectivity index (χ3n) is 4.51. The van der Waals surface area contributed by atoms with Crippen LogP contribution in [-0.4, -0.2) is 42.9 Å². The van der Waals surface area contributed by atoms with Gasteiger partial charge in [0, 0.05) is 30.6 Å². The first-order valence-electron chi connectivity index (χ1n) is 9.87. The summed E-state index contributed by atoms with van der Waals surface area (Å²) in [5.74, 6) is 1.62. The van der Waals surface area contributed by atoms with Gasteiger partial charge < -0.3 is 19.7 Å². The molecule has 1 aliphatic rings. The van der Waals surface area contributed by atoms with Gasteiger partial charge in [0.1, 0.15) is 23.8 Å². The molecule has 6 nitrogen and oxygen atoms in total. The van der Waals surface area contributed by atoms with E-state index in [0.29, 0.717) is 17.7 Å². The number of aromatic nitrogens is 1. The van der Waals surface area contributed by atoms with Gasteiger partial charge in [-0.05, 0) is 63.9 Å². The van der Waals surface area contributed by atoms with Crippen LogP contribution in [0.1, 0.15) is 33.6 Å². The van der Waals surface area contributed by atoms with E-state index in [1.54, 1.807) is 20.8 Å². The van der Waals surface area contributed by atoms with Crippen molar-refractivity contribution in [2.45, 2.75) is 39.2 Å². The zero-order valence-electron chi connectivity index (χ0n) is 17.2. The van der Waals surface area contributed by atoms with Crippen LogP contribution in [0.25, 0.3) is 10.9 Å². The van der Waals surface area contributed by atoms with E-state index in [9.17, 15) is 9.18 Å². The summed E-state index contributed by atoms with van der Waals surface area (Å²) in [4.78, 5) is 18.7. The fourth-order valence-corrected chi connectivity index (χ4v) is 3.10. The zero-order chi connectivity index (χ0) is 20.9. The number of nitrogens with zero attached hydrogens (tertiary/aromatic N) is 2. The first kappa shape index (κ1) is 20.9. The SMILES string of the molecule is CC(C)(C)OC(=O)NC/C(=C\F)COc1ccc2nc(N3CCCC3)ccc2c1. The van der Waals surface area contributed by atoms with Crippen LogP contribution in [0.4, 0.5) is 15.0 Å². The Bertz CT molecular complexity index is 886. The van der Waals surface area contributed by atoms with Crippen LogP contribution in [0, 0.1) is 0 Å². The molecule has 0 aliphatic carbocycles. The van der Waals surface area contributed by atoms with E-state index in [1.807, 2.05) is 30.3 Å². The van der Waals surface area contributed by atoms with Crippen molar-refractivity contribution in [1.29, 1.82) is 0 Å². The molecular formula is C22H28FN3O3. The second-order valence-electron chi connectivity index (χ2n) is 8.13. The second kappa shape index (κ2) is 9.11. The summed E-state index contributed by atoms with van der Waals surface area (Å²) in [6.45, 7) is 7.44. The van der Waals surface area contributed by atoms with Gasteiger partial charge in [0.25, 0.3) is 0 Å². The number of amides is 1. The lowest BCUT2D eigenvalue weighted by Crippen LogP contribution is -2.34. The van der Waals surface area contributed by atoms with Gasteiger partial charge >= 0.3 is 6.09 Å². The lowest BCUT2D eigenvalue weighted by atomic mass is 10.2. The lowest BCUT2D eigenvalue weighted by Gasteiger charge is -2.20. The second-order valence-corrected chi connectivity index (χ2v) is 8.13. The highest BCUT2D eigenvalue weighted by atomic mass is 19.1. The number of hydrogen-bond acceptors (Lipinski definition) is 5. The normalized spacial score (nSPS) is 14.9. The molecule has 29 heavy (non-hydrogen) atoms. The first-order chi connectivity index (χ1) is 13.8. The van der Waals surface area contributed by atoms with Crippen molar-refractivity contribution >= 4 is 22.8 Å². The number of ether oxygens (including phenoxy) is 2. The van der Waals surface area contributed by atoms with Gasteiger partial charge in [-0.1, -0.05) is 0 Å². The molecule has 0 saturated carbocycles. The number of carbonyl (C=O) groups excluding carboxylic acids is 1. The summed E-state index contributed by atoms with van der Waals surface area (Å²) in [7, 11) is 0. The fourth-order valence-electron chi connectivity index (χ4n) is 3.10. The van der Waals surface area contributed by atoms with Gasteiger partial charge in [-0.3, -0.25) is 0 Å². The summed E-state index contributed by atoms with van der Waals surface area (Å²) in [6, 6.07) is 9.66. The Morgan fingerprint density at radius 2 is 2.00 bits per heavy atom. The summed E-state index contributed by atoms with van der Waals surface area (Å²) in [6.07, 6.45) is 2.27. The number of fused-ring (bicyclic) bond motifs is 1. The number of rotatable bonds is 6. The Morgan fingerprint density at radius 3 is 2.69 bits per heavy atom. The molecule has 156 valence electrons. The van der Waals surface area contributed by atoms with Crippen LogP contribution in [0.15, 0.2) is 42.2 Å². The van der Waals surface area contributed by atoms with Crippen molar-refractivity contribution in [3.05, 3.63) is 42.2 Å². The zero-order valence-corrected chi connectivity index (χ0v) is 17.2. The van der Waals surface area contributed by atoms with Crippen LogP contribution in [0.5, 0.6) is 5.75 Å². The highest BCUT2D eigenvalue weighted by molar-refractivity contribution is 5.82. The molecule has 2 heterocycles. The van der Waals surface area contributed by atoms with Gasteiger partial charge in [0.05, 0.1) is 11.8 Å². The lowest BCUT2D eigenvalue weighted by molar-refractivity contribution is 0.0531. The van der Waals surface area contributed by atoms with Crippen molar-refractivity contribution in [3.63, 3.8) is 0 Å². The predicted octanol–water partition coefficient (Wildman–Crippen LogP) is 4.59. The van der Waals surface area contributed by atoms with E-state index in [1.165, 1.54) is 12.8 Å². The third-order valence-corrected chi connectivity index (χ3v) is 4.51. The molecular weight excluding hydrogens is 373 g/mol. The molecule has 1 fully saturated rings. The van der Waals surface area contributed by atoms with Gasteiger partial charge in [-0.25, -0.2) is 14.2 Å². The maximum atomic E-state index is 13.1. The van der Waals surface area contributed by atoms with Gasteiger partial charge in [-0.15, -0.1) is 0 Å². The summed E-state index contributed by atoms with van der Waals surface area (Å²) < 4.78 is 24.0. The Hall–Kier alpha value is -2.83. The van der Waals surface area contributed by atoms with Crippen LogP contribution in [-0.2, 0) is 4.74 Å². The molecule has 0 bridgehead atoms. The van der Waals surface area contributed by atoms with E-state index in [2.05, 4.69) is 10.2 Å². The van der Waals surface area contributed by atoms with Gasteiger partial charge in [-0.2, -0.15) is 0 Å². The highest BCUT2D eigenvalue weighted by Gasteiger charge is 2.16. The topological polar surface area (TPSA) is 63.7 Å². The number of halogens is 1.